The van der Waals surface area contributed by atoms with Crippen LogP contribution in [0.5, 0.6) is 0 Å². The molecule has 0 unspecified atom stereocenters. The lowest BCUT2D eigenvalue weighted by molar-refractivity contribution is 0.683. The molecule has 1 heterocycles. The van der Waals surface area contributed by atoms with Gasteiger partial charge in [0.15, 0.2) is 0 Å². The zero-order valence-electron chi connectivity index (χ0n) is 7.32. The average Bonchev–Trinajstić information content (AvgIpc) is 2.11. The lowest BCUT2D eigenvalue weighted by Gasteiger charge is -2.02. The Bertz CT molecular complexity index is 456. The maximum absolute atomic E-state index is 11.4. The van der Waals surface area contributed by atoms with Crippen molar-refractivity contribution in [3.8, 4) is 0 Å². The van der Waals surface area contributed by atoms with Crippen LogP contribution in [0.4, 0.5) is 0 Å². The molecule has 0 aromatic carbocycles. The van der Waals surface area contributed by atoms with Gasteiger partial charge in [-0.2, -0.15) is 0 Å². The van der Waals surface area contributed by atoms with Crippen LogP contribution in [-0.2, 0) is 14.1 Å². The Labute approximate surface area is 83.3 Å². The summed E-state index contributed by atoms with van der Waals surface area (Å²) in [5.74, 6) is 0. The van der Waals surface area contributed by atoms with E-state index in [9.17, 15) is 9.59 Å². The maximum atomic E-state index is 11.4. The highest BCUT2D eigenvalue weighted by Gasteiger charge is 2.02. The summed E-state index contributed by atoms with van der Waals surface area (Å²) in [6, 6.07) is 0. The van der Waals surface area contributed by atoms with Crippen molar-refractivity contribution in [2.45, 2.75) is 0 Å². The van der Waals surface area contributed by atoms with Gasteiger partial charge in [0.1, 0.15) is 0 Å². The molecular formula is C8H9BrN2O2. The van der Waals surface area contributed by atoms with Gasteiger partial charge in [-0.05, 0) is 11.1 Å². The van der Waals surface area contributed by atoms with Crippen LogP contribution in [0, 0.1) is 0 Å². The van der Waals surface area contributed by atoms with E-state index in [-0.39, 0.29) is 11.2 Å². The lowest BCUT2D eigenvalue weighted by Crippen LogP contribution is -2.37. The van der Waals surface area contributed by atoms with E-state index in [2.05, 4.69) is 15.9 Å². The molecule has 0 saturated carbocycles. The molecule has 70 valence electrons. The standard InChI is InChI=1S/C8H9BrN2O2/c1-10-5-6(3-4-9)7(12)11(2)8(10)13/h3-5H,1-2H3/b4-3+. The predicted octanol–water partition coefficient (Wildman–Crippen LogP) is 0.450. The van der Waals surface area contributed by atoms with E-state index >= 15 is 0 Å². The molecule has 0 atom stereocenters. The van der Waals surface area contributed by atoms with E-state index < -0.39 is 0 Å². The van der Waals surface area contributed by atoms with Gasteiger partial charge < -0.3 is 4.57 Å². The van der Waals surface area contributed by atoms with Gasteiger partial charge in [0.25, 0.3) is 5.56 Å². The second kappa shape index (κ2) is 3.74. The molecule has 4 nitrogen and oxygen atoms in total. The Balaban J connectivity index is 3.60. The summed E-state index contributed by atoms with van der Waals surface area (Å²) >= 11 is 3.07. The van der Waals surface area contributed by atoms with Crippen molar-refractivity contribution in [1.82, 2.24) is 9.13 Å². The first-order chi connectivity index (χ1) is 6.07. The summed E-state index contributed by atoms with van der Waals surface area (Å²) < 4.78 is 2.44. The first-order valence-electron chi connectivity index (χ1n) is 3.61. The molecular weight excluding hydrogens is 236 g/mol. The highest BCUT2D eigenvalue weighted by Crippen LogP contribution is 1.94. The van der Waals surface area contributed by atoms with Crippen LogP contribution < -0.4 is 11.2 Å². The second-order valence-electron chi connectivity index (χ2n) is 2.63. The molecule has 0 N–H and O–H groups in total. The van der Waals surface area contributed by atoms with Gasteiger partial charge in [0, 0.05) is 20.3 Å². The van der Waals surface area contributed by atoms with Gasteiger partial charge in [-0.3, -0.25) is 9.36 Å². The summed E-state index contributed by atoms with van der Waals surface area (Å²) in [6.07, 6.45) is 3.10. The van der Waals surface area contributed by atoms with Gasteiger partial charge in [-0.15, -0.1) is 0 Å². The van der Waals surface area contributed by atoms with Crippen molar-refractivity contribution >= 4 is 22.0 Å². The molecule has 0 spiro atoms. The maximum Gasteiger partial charge on any atom is 0.330 e. The third-order valence-electron chi connectivity index (χ3n) is 1.72. The fourth-order valence-corrected chi connectivity index (χ4v) is 1.30. The minimum absolute atomic E-state index is 0.293. The molecule has 0 bridgehead atoms. The zero-order valence-corrected chi connectivity index (χ0v) is 8.91. The Kier molecular flexibility index (Phi) is 2.87. The largest absolute Gasteiger partial charge is 0.330 e. The molecule has 1 aromatic rings. The Hall–Kier alpha value is -1.10. The van der Waals surface area contributed by atoms with Crippen molar-refractivity contribution < 1.29 is 0 Å². The minimum Gasteiger partial charge on any atom is -0.303 e. The number of aryl methyl sites for hydroxylation is 1. The summed E-state index contributed by atoms with van der Waals surface area (Å²) in [4.78, 5) is 24.2. The monoisotopic (exact) mass is 244 g/mol. The number of nitrogens with zero attached hydrogens (tertiary/aromatic N) is 2. The number of rotatable bonds is 1. The zero-order chi connectivity index (χ0) is 10.0. The predicted molar refractivity (Wildman–Crippen MR) is 54.9 cm³/mol. The molecule has 5 heteroatoms. The molecule has 0 aliphatic carbocycles. The molecule has 0 aliphatic heterocycles. The third kappa shape index (κ3) is 1.80. The van der Waals surface area contributed by atoms with Crippen LogP contribution in [0.2, 0.25) is 0 Å². The topological polar surface area (TPSA) is 44.0 Å². The Morgan fingerprint density at radius 3 is 2.54 bits per heavy atom. The van der Waals surface area contributed by atoms with Crippen molar-refractivity contribution in [2.75, 3.05) is 0 Å². The summed E-state index contributed by atoms with van der Waals surface area (Å²) in [5, 5.41) is 0. The van der Waals surface area contributed by atoms with E-state index in [0.29, 0.717) is 5.56 Å². The fourth-order valence-electron chi connectivity index (χ4n) is 1.02. The van der Waals surface area contributed by atoms with Gasteiger partial charge in [-0.25, -0.2) is 4.79 Å². The van der Waals surface area contributed by atoms with Gasteiger partial charge in [0.05, 0.1) is 5.56 Å². The van der Waals surface area contributed by atoms with Gasteiger partial charge in [-0.1, -0.05) is 15.9 Å². The van der Waals surface area contributed by atoms with E-state index in [1.807, 2.05) is 0 Å². The van der Waals surface area contributed by atoms with Crippen LogP contribution in [0.25, 0.3) is 6.08 Å². The van der Waals surface area contributed by atoms with Gasteiger partial charge >= 0.3 is 5.69 Å². The quantitative estimate of drug-likeness (QED) is 0.721. The summed E-state index contributed by atoms with van der Waals surface area (Å²) in [7, 11) is 3.06. The van der Waals surface area contributed by atoms with Crippen LogP contribution in [-0.4, -0.2) is 9.13 Å². The molecule has 0 amide bonds. The molecule has 0 aliphatic rings. The fraction of sp³-hybridized carbons (Fsp3) is 0.250. The highest BCUT2D eigenvalue weighted by molar-refractivity contribution is 9.11. The molecule has 0 saturated heterocycles. The Morgan fingerprint density at radius 1 is 1.38 bits per heavy atom. The minimum atomic E-state index is -0.322. The van der Waals surface area contributed by atoms with Crippen molar-refractivity contribution in [1.29, 1.82) is 0 Å². The van der Waals surface area contributed by atoms with Crippen molar-refractivity contribution in [3.63, 3.8) is 0 Å². The van der Waals surface area contributed by atoms with Crippen molar-refractivity contribution in [3.05, 3.63) is 37.6 Å². The number of halogens is 1. The molecule has 0 radical (unpaired) electrons. The van der Waals surface area contributed by atoms with Gasteiger partial charge in [0.2, 0.25) is 0 Å². The summed E-state index contributed by atoms with van der Waals surface area (Å²) in [6.45, 7) is 0. The first kappa shape index (κ1) is 9.98. The molecule has 13 heavy (non-hydrogen) atoms. The van der Waals surface area contributed by atoms with Crippen molar-refractivity contribution in [2.24, 2.45) is 14.1 Å². The molecule has 1 rings (SSSR count). The number of aromatic nitrogens is 2. The summed E-state index contributed by atoms with van der Waals surface area (Å²) in [5.41, 5.74) is -0.142. The van der Waals surface area contributed by atoms with E-state index in [4.69, 9.17) is 0 Å². The number of hydrogen-bond acceptors (Lipinski definition) is 2. The van der Waals surface area contributed by atoms with Crippen LogP contribution in [0.3, 0.4) is 0 Å². The van der Waals surface area contributed by atoms with Crippen LogP contribution >= 0.6 is 15.9 Å². The second-order valence-corrected chi connectivity index (χ2v) is 3.16. The van der Waals surface area contributed by atoms with Crippen LogP contribution in [0.1, 0.15) is 5.56 Å². The SMILES string of the molecule is Cn1cc(/C=C/Br)c(=O)n(C)c1=O. The Morgan fingerprint density at radius 2 is 2.00 bits per heavy atom. The lowest BCUT2D eigenvalue weighted by atomic mass is 10.3. The molecule has 1 aromatic heterocycles. The van der Waals surface area contributed by atoms with E-state index in [1.165, 1.54) is 17.8 Å². The van der Waals surface area contributed by atoms with Crippen LogP contribution in [0.15, 0.2) is 20.8 Å². The van der Waals surface area contributed by atoms with E-state index in [1.54, 1.807) is 18.1 Å². The highest BCUT2D eigenvalue weighted by atomic mass is 79.9. The average molecular weight is 245 g/mol. The smallest absolute Gasteiger partial charge is 0.303 e. The van der Waals surface area contributed by atoms with E-state index in [0.717, 1.165) is 4.57 Å². The number of hydrogen-bond donors (Lipinski definition) is 0. The third-order valence-corrected chi connectivity index (χ3v) is 1.98. The normalized spacial score (nSPS) is 11.0. The molecule has 0 fully saturated rings. The first-order valence-corrected chi connectivity index (χ1v) is 4.53.